The first-order valence-electron chi connectivity index (χ1n) is 10.6. The molecule has 0 amide bonds. The van der Waals surface area contributed by atoms with Crippen molar-refractivity contribution in [3.05, 3.63) is 72.1 Å². The zero-order valence-electron chi connectivity index (χ0n) is 18.4. The van der Waals surface area contributed by atoms with Gasteiger partial charge in [0.2, 0.25) is 0 Å². The second-order valence-corrected chi connectivity index (χ2v) is 8.10. The Balaban J connectivity index is 1.71. The normalized spacial score (nSPS) is 11.9. The average molecular weight is 396 g/mol. The lowest BCUT2D eigenvalue weighted by Gasteiger charge is -2.16. The molecule has 1 unspecified atom stereocenters. The number of anilines is 1. The Kier molecular flexibility index (Phi) is 9.58. The monoisotopic (exact) mass is 395 g/mol. The highest BCUT2D eigenvalue weighted by Crippen LogP contribution is 2.14. The van der Waals surface area contributed by atoms with Crippen LogP contribution in [0.15, 0.2) is 60.9 Å². The summed E-state index contributed by atoms with van der Waals surface area (Å²) in [6, 6.07) is 17.1. The van der Waals surface area contributed by atoms with Gasteiger partial charge in [0.1, 0.15) is 5.75 Å². The molecular weight excluding hydrogens is 358 g/mol. The first-order chi connectivity index (χ1) is 14.0. The second kappa shape index (κ2) is 12.2. The van der Waals surface area contributed by atoms with E-state index in [1.807, 2.05) is 24.3 Å². The smallest absolute Gasteiger partial charge is 0.118 e. The molecule has 2 rings (SSSR count). The van der Waals surface area contributed by atoms with Gasteiger partial charge < -0.3 is 20.7 Å². The van der Waals surface area contributed by atoms with Crippen molar-refractivity contribution in [2.45, 2.75) is 52.6 Å². The Labute approximate surface area is 176 Å². The molecule has 0 saturated carbocycles. The highest BCUT2D eigenvalue weighted by Gasteiger charge is 2.04. The number of nitrogens with one attached hydrogen (secondary N) is 3. The number of rotatable bonds is 13. The Hall–Kier alpha value is -2.46. The van der Waals surface area contributed by atoms with Gasteiger partial charge in [0.15, 0.2) is 0 Å². The van der Waals surface area contributed by atoms with E-state index in [-0.39, 0.29) is 0 Å². The Morgan fingerprint density at radius 2 is 1.62 bits per heavy atom. The minimum Gasteiger partial charge on any atom is -0.497 e. The molecule has 0 heterocycles. The molecule has 0 aliphatic carbocycles. The fourth-order valence-electron chi connectivity index (χ4n) is 3.18. The summed E-state index contributed by atoms with van der Waals surface area (Å²) in [7, 11) is 1.68. The molecule has 0 aromatic heterocycles. The van der Waals surface area contributed by atoms with E-state index in [0.717, 1.165) is 36.1 Å². The van der Waals surface area contributed by atoms with Crippen LogP contribution in [0.3, 0.4) is 0 Å². The molecule has 0 saturated heterocycles. The fourth-order valence-corrected chi connectivity index (χ4v) is 3.18. The highest BCUT2D eigenvalue weighted by molar-refractivity contribution is 5.48. The van der Waals surface area contributed by atoms with Crippen LogP contribution in [0.4, 0.5) is 5.69 Å². The number of ether oxygens (including phenoxy) is 1. The average Bonchev–Trinajstić information content (AvgIpc) is 2.71. The van der Waals surface area contributed by atoms with Gasteiger partial charge in [0.25, 0.3) is 0 Å². The van der Waals surface area contributed by atoms with Gasteiger partial charge in [-0.2, -0.15) is 0 Å². The van der Waals surface area contributed by atoms with Crippen LogP contribution in [0.2, 0.25) is 0 Å². The van der Waals surface area contributed by atoms with Crippen LogP contribution in [-0.4, -0.2) is 19.7 Å². The largest absolute Gasteiger partial charge is 0.497 e. The molecule has 0 fully saturated rings. The summed E-state index contributed by atoms with van der Waals surface area (Å²) in [5.74, 6) is 2.44. The van der Waals surface area contributed by atoms with E-state index >= 15 is 0 Å². The molecule has 0 spiro atoms. The van der Waals surface area contributed by atoms with Gasteiger partial charge in [-0.3, -0.25) is 0 Å². The third-order valence-corrected chi connectivity index (χ3v) is 4.91. The summed E-state index contributed by atoms with van der Waals surface area (Å²) < 4.78 is 5.19. The van der Waals surface area contributed by atoms with Crippen LogP contribution >= 0.6 is 0 Å². The topological polar surface area (TPSA) is 45.3 Å². The van der Waals surface area contributed by atoms with Gasteiger partial charge in [-0.15, -0.1) is 0 Å². The molecule has 0 aliphatic rings. The third kappa shape index (κ3) is 9.05. The van der Waals surface area contributed by atoms with Crippen LogP contribution in [0.5, 0.6) is 5.75 Å². The van der Waals surface area contributed by atoms with Gasteiger partial charge in [-0.1, -0.05) is 44.7 Å². The van der Waals surface area contributed by atoms with E-state index in [9.17, 15) is 0 Å². The van der Waals surface area contributed by atoms with E-state index in [1.165, 1.54) is 24.0 Å². The minimum atomic E-state index is 0.488. The molecule has 4 heteroatoms. The summed E-state index contributed by atoms with van der Waals surface area (Å²) in [5.41, 5.74) is 3.56. The highest BCUT2D eigenvalue weighted by atomic mass is 16.5. The van der Waals surface area contributed by atoms with Crippen molar-refractivity contribution in [2.24, 2.45) is 5.92 Å². The van der Waals surface area contributed by atoms with E-state index in [2.05, 4.69) is 67.6 Å². The Morgan fingerprint density at radius 3 is 2.24 bits per heavy atom. The van der Waals surface area contributed by atoms with Gasteiger partial charge in [-0.25, -0.2) is 0 Å². The molecule has 29 heavy (non-hydrogen) atoms. The lowest BCUT2D eigenvalue weighted by Crippen LogP contribution is -2.29. The predicted molar refractivity (Wildman–Crippen MR) is 124 cm³/mol. The molecule has 0 radical (unpaired) electrons. The summed E-state index contributed by atoms with van der Waals surface area (Å²) in [5, 5.41) is 10.3. The molecule has 0 bridgehead atoms. The quantitative estimate of drug-likeness (QED) is 0.401. The molecular formula is C25H37N3O. The maximum absolute atomic E-state index is 5.19. The van der Waals surface area contributed by atoms with E-state index in [4.69, 9.17) is 4.74 Å². The third-order valence-electron chi connectivity index (χ3n) is 4.91. The zero-order valence-corrected chi connectivity index (χ0v) is 18.4. The molecule has 4 nitrogen and oxygen atoms in total. The Bertz CT molecular complexity index is 723. The van der Waals surface area contributed by atoms with Gasteiger partial charge >= 0.3 is 0 Å². The second-order valence-electron chi connectivity index (χ2n) is 8.10. The molecule has 2 aromatic rings. The van der Waals surface area contributed by atoms with Crippen molar-refractivity contribution in [1.82, 2.24) is 10.6 Å². The number of benzene rings is 2. The van der Waals surface area contributed by atoms with Gasteiger partial charge in [-0.05, 0) is 74.0 Å². The lowest BCUT2D eigenvalue weighted by atomic mass is 10.1. The standard InChI is InChI=1S/C25H37N3O/c1-19(2)7-6-16-26-20(3)17-22-8-12-24(13-9-22)28-21(4)27-18-23-10-14-25(29-5)15-11-23/h8-15,19-20,26-28H,4,6-7,16-18H2,1-3,5H3. The van der Waals surface area contributed by atoms with Crippen molar-refractivity contribution in [2.75, 3.05) is 19.0 Å². The molecule has 0 aliphatic heterocycles. The van der Waals surface area contributed by atoms with Crippen LogP contribution in [0, 0.1) is 5.92 Å². The molecule has 3 N–H and O–H groups in total. The number of hydrogen-bond donors (Lipinski definition) is 3. The first-order valence-corrected chi connectivity index (χ1v) is 10.6. The summed E-state index contributed by atoms with van der Waals surface area (Å²) in [4.78, 5) is 0. The number of hydrogen-bond acceptors (Lipinski definition) is 4. The molecule has 2 aromatic carbocycles. The maximum Gasteiger partial charge on any atom is 0.118 e. The minimum absolute atomic E-state index is 0.488. The van der Waals surface area contributed by atoms with Crippen molar-refractivity contribution >= 4 is 5.69 Å². The van der Waals surface area contributed by atoms with Crippen LogP contribution < -0.4 is 20.7 Å². The van der Waals surface area contributed by atoms with E-state index in [1.54, 1.807) is 7.11 Å². The maximum atomic E-state index is 5.19. The summed E-state index contributed by atoms with van der Waals surface area (Å²) in [6.45, 7) is 12.7. The van der Waals surface area contributed by atoms with Crippen molar-refractivity contribution in [1.29, 1.82) is 0 Å². The predicted octanol–water partition coefficient (Wildman–Crippen LogP) is 5.32. The van der Waals surface area contributed by atoms with Crippen molar-refractivity contribution in [3.8, 4) is 5.75 Å². The van der Waals surface area contributed by atoms with Gasteiger partial charge in [0.05, 0.1) is 12.9 Å². The van der Waals surface area contributed by atoms with Gasteiger partial charge in [0, 0.05) is 18.3 Å². The van der Waals surface area contributed by atoms with Crippen LogP contribution in [0.1, 0.15) is 44.7 Å². The zero-order chi connectivity index (χ0) is 21.1. The fraction of sp³-hybridized carbons (Fsp3) is 0.440. The summed E-state index contributed by atoms with van der Waals surface area (Å²) >= 11 is 0. The SMILES string of the molecule is C=C(NCc1ccc(OC)cc1)Nc1ccc(CC(C)NCCCC(C)C)cc1. The van der Waals surface area contributed by atoms with E-state index < -0.39 is 0 Å². The first kappa shape index (κ1) is 22.8. The van der Waals surface area contributed by atoms with Crippen molar-refractivity contribution < 1.29 is 4.74 Å². The molecule has 158 valence electrons. The lowest BCUT2D eigenvalue weighted by molar-refractivity contribution is 0.414. The summed E-state index contributed by atoms with van der Waals surface area (Å²) in [6.07, 6.45) is 3.57. The van der Waals surface area contributed by atoms with Crippen molar-refractivity contribution in [3.63, 3.8) is 0 Å². The van der Waals surface area contributed by atoms with Crippen LogP contribution in [-0.2, 0) is 13.0 Å². The van der Waals surface area contributed by atoms with E-state index in [0.29, 0.717) is 12.6 Å². The van der Waals surface area contributed by atoms with Crippen LogP contribution in [0.25, 0.3) is 0 Å². The Morgan fingerprint density at radius 1 is 0.966 bits per heavy atom. The number of methoxy groups -OCH3 is 1. The molecule has 1 atom stereocenters.